The molecule has 5 aliphatic rings. The van der Waals surface area contributed by atoms with E-state index < -0.39 is 40.9 Å². The molecule has 0 radical (unpaired) electrons. The van der Waals surface area contributed by atoms with Gasteiger partial charge in [0.05, 0.1) is 22.6 Å². The Morgan fingerprint density at radius 2 is 1.85 bits per heavy atom. The number of piperidine rings is 1. The fraction of sp³-hybridized carbons (Fsp3) is 0.476. The number of alkyl halides is 3. The Balaban J connectivity index is 1.15. The summed E-state index contributed by atoms with van der Waals surface area (Å²) in [6.07, 6.45) is 4.75. The monoisotopic (exact) mass is 714 g/mol. The number of carbonyl (C=O) groups is 2. The van der Waals surface area contributed by atoms with Gasteiger partial charge in [0.25, 0.3) is 0 Å². The number of aliphatic hydroxyl groups is 1. The van der Waals surface area contributed by atoms with Crippen LogP contribution >= 0.6 is 0 Å². The third-order valence-electron chi connectivity index (χ3n) is 12.2. The maximum atomic E-state index is 14.4. The third kappa shape index (κ3) is 6.11. The van der Waals surface area contributed by atoms with E-state index in [9.17, 15) is 27.9 Å². The van der Waals surface area contributed by atoms with E-state index in [1.54, 1.807) is 12.1 Å². The highest BCUT2D eigenvalue weighted by Gasteiger charge is 2.73. The average Bonchev–Trinajstić information content (AvgIpc) is 3.87. The molecule has 3 aromatic rings. The van der Waals surface area contributed by atoms with Crippen LogP contribution in [0.25, 0.3) is 6.08 Å². The molecule has 3 aromatic carbocycles. The molecule has 0 aromatic heterocycles. The number of esters is 1. The lowest BCUT2D eigenvalue weighted by molar-refractivity contribution is -0.201. The van der Waals surface area contributed by atoms with Gasteiger partial charge >= 0.3 is 12.1 Å². The topological polar surface area (TPSA) is 79.3 Å². The normalized spacial score (nSPS) is 27.6. The van der Waals surface area contributed by atoms with Crippen molar-refractivity contribution in [3.05, 3.63) is 101 Å². The van der Waals surface area contributed by atoms with Crippen LogP contribution in [0.3, 0.4) is 0 Å². The molecule has 274 valence electrons. The first kappa shape index (κ1) is 34.9. The number of likely N-dealkylation sites (tertiary alicyclic amines) is 1. The van der Waals surface area contributed by atoms with Gasteiger partial charge in [0.15, 0.2) is 11.5 Å². The lowest BCUT2D eigenvalue weighted by Gasteiger charge is -2.65. The molecule has 52 heavy (non-hydrogen) atoms. The van der Waals surface area contributed by atoms with Crippen molar-refractivity contribution in [2.45, 2.75) is 100 Å². The third-order valence-corrected chi connectivity index (χ3v) is 12.2. The molecule has 1 spiro atoms. The van der Waals surface area contributed by atoms with E-state index in [1.807, 2.05) is 29.2 Å². The number of unbranched alkanes of at least 4 members (excludes halogenated alkanes) is 1. The van der Waals surface area contributed by atoms with Crippen LogP contribution in [0.2, 0.25) is 0 Å². The largest absolute Gasteiger partial charge is 0.483 e. The number of halogens is 3. The summed E-state index contributed by atoms with van der Waals surface area (Å²) < 4.78 is 53.1. The first-order valence-electron chi connectivity index (χ1n) is 18.7. The van der Waals surface area contributed by atoms with Crippen LogP contribution in [0.1, 0.15) is 79.7 Å². The van der Waals surface area contributed by atoms with Crippen molar-refractivity contribution >= 4 is 18.0 Å². The lowest BCUT2D eigenvalue weighted by atomic mass is 9.48. The van der Waals surface area contributed by atoms with E-state index in [4.69, 9.17) is 9.47 Å². The highest BCUT2D eigenvalue weighted by molar-refractivity contribution is 5.92. The second-order valence-electron chi connectivity index (χ2n) is 15.4. The van der Waals surface area contributed by atoms with Gasteiger partial charge in [0, 0.05) is 37.7 Å². The smallest absolute Gasteiger partial charge is 0.416 e. The molecular formula is C42H45F3N2O5. The maximum absolute atomic E-state index is 14.4. The van der Waals surface area contributed by atoms with Gasteiger partial charge in [-0.25, -0.2) is 0 Å². The summed E-state index contributed by atoms with van der Waals surface area (Å²) in [6.45, 7) is 3.50. The summed E-state index contributed by atoms with van der Waals surface area (Å²) in [5.74, 6) is 0.665. The van der Waals surface area contributed by atoms with Gasteiger partial charge in [-0.3, -0.25) is 14.5 Å². The van der Waals surface area contributed by atoms with Crippen molar-refractivity contribution in [3.63, 3.8) is 0 Å². The first-order chi connectivity index (χ1) is 25.0. The Morgan fingerprint density at radius 1 is 1.04 bits per heavy atom. The van der Waals surface area contributed by atoms with E-state index in [2.05, 4.69) is 17.0 Å². The van der Waals surface area contributed by atoms with E-state index in [0.717, 1.165) is 49.2 Å². The number of hydrogen-bond acceptors (Lipinski definition) is 6. The van der Waals surface area contributed by atoms with Crippen LogP contribution in [-0.2, 0) is 34.0 Å². The number of benzene rings is 3. The zero-order valence-corrected chi connectivity index (χ0v) is 29.4. The molecular weight excluding hydrogens is 669 g/mol. The number of rotatable bonds is 11. The predicted octanol–water partition coefficient (Wildman–Crippen LogP) is 7.13. The Kier molecular flexibility index (Phi) is 8.97. The second-order valence-corrected chi connectivity index (χ2v) is 15.4. The fourth-order valence-corrected chi connectivity index (χ4v) is 9.78. The number of ether oxygens (including phenoxy) is 2. The number of carbonyl (C=O) groups excluding carboxylic acids is 2. The first-order valence-corrected chi connectivity index (χ1v) is 18.7. The predicted molar refractivity (Wildman–Crippen MR) is 190 cm³/mol. The van der Waals surface area contributed by atoms with Crippen LogP contribution in [0.5, 0.6) is 11.5 Å². The quantitative estimate of drug-likeness (QED) is 0.0987. The van der Waals surface area contributed by atoms with Gasteiger partial charge in [-0.2, -0.15) is 13.2 Å². The molecule has 2 unspecified atom stereocenters. The molecule has 2 saturated carbocycles. The van der Waals surface area contributed by atoms with E-state index in [1.165, 1.54) is 43.5 Å². The molecule has 7 nitrogen and oxygen atoms in total. The van der Waals surface area contributed by atoms with Gasteiger partial charge in [-0.15, -0.1) is 0 Å². The van der Waals surface area contributed by atoms with Gasteiger partial charge in [0.2, 0.25) is 5.91 Å². The van der Waals surface area contributed by atoms with Gasteiger partial charge in [-0.1, -0.05) is 48.5 Å². The fourth-order valence-electron chi connectivity index (χ4n) is 9.78. The molecule has 2 aliphatic heterocycles. The molecule has 2 heterocycles. The van der Waals surface area contributed by atoms with Crippen LogP contribution in [0.4, 0.5) is 13.2 Å². The van der Waals surface area contributed by atoms with Crippen molar-refractivity contribution in [2.75, 3.05) is 19.6 Å². The summed E-state index contributed by atoms with van der Waals surface area (Å²) in [7, 11) is 0. The van der Waals surface area contributed by atoms with Crippen molar-refractivity contribution < 1.29 is 37.3 Å². The molecule has 1 N–H and O–H groups in total. The van der Waals surface area contributed by atoms with Gasteiger partial charge < -0.3 is 19.5 Å². The van der Waals surface area contributed by atoms with Crippen LogP contribution < -0.4 is 9.47 Å². The minimum Gasteiger partial charge on any atom is -0.483 e. The Labute approximate surface area is 302 Å². The standard InChI is InChI=1S/C42H45F3N2O5/c1-27(48)51-34-17-16-31-25-35-41(50)20-19-33(39-40(41,37(31)38(34)52-39)21-23-46(35)26-30-13-14-30)47(22-6-5-10-28-8-3-2-4-9-28)36(49)18-15-29-11-7-12-32(24-29)42(43,44)45/h2-4,7-9,11-12,15-18,24,30,33,35,39,50H,5-6,10,13-14,19-23,25-26H2,1H3/b18-15+/t33?,35-,39?,40+,41-/m1/s1. The summed E-state index contributed by atoms with van der Waals surface area (Å²) in [5, 5.41) is 13.1. The highest BCUT2D eigenvalue weighted by atomic mass is 19.4. The lowest BCUT2D eigenvalue weighted by Crippen LogP contribution is -2.78. The van der Waals surface area contributed by atoms with E-state index in [0.29, 0.717) is 56.1 Å². The molecule has 1 saturated heterocycles. The molecule has 1 amide bonds. The van der Waals surface area contributed by atoms with E-state index >= 15 is 0 Å². The molecule has 5 atom stereocenters. The Hall–Kier alpha value is -4.15. The van der Waals surface area contributed by atoms with Crippen molar-refractivity contribution in [3.8, 4) is 11.5 Å². The Morgan fingerprint density at radius 3 is 2.60 bits per heavy atom. The minimum absolute atomic E-state index is 0.109. The number of hydrogen-bond donors (Lipinski definition) is 1. The van der Waals surface area contributed by atoms with Gasteiger partial charge in [-0.05, 0) is 111 Å². The summed E-state index contributed by atoms with van der Waals surface area (Å²) >= 11 is 0. The van der Waals surface area contributed by atoms with Crippen molar-refractivity contribution in [2.24, 2.45) is 5.92 Å². The average molecular weight is 715 g/mol. The highest BCUT2D eigenvalue weighted by Crippen LogP contribution is 2.66. The molecule has 10 heteroatoms. The number of aryl methyl sites for hydroxylation is 1. The second kappa shape index (κ2) is 13.4. The number of nitrogens with zero attached hydrogens (tertiary/aromatic N) is 2. The molecule has 3 fully saturated rings. The molecule has 2 bridgehead atoms. The maximum Gasteiger partial charge on any atom is 0.416 e. The number of amides is 1. The summed E-state index contributed by atoms with van der Waals surface area (Å²) in [5.41, 5.74) is 0.745. The van der Waals surface area contributed by atoms with Crippen LogP contribution in [-0.4, -0.2) is 70.2 Å². The SMILES string of the molecule is CC(=O)Oc1ccc2c3c1OC1C(N(CCCCc4ccccc4)C(=O)/C=C/c4cccc(C(F)(F)F)c4)CC[C@@]4(O)[C@@H](C2)N(CC2CC2)CC[C@]314. The summed E-state index contributed by atoms with van der Waals surface area (Å²) in [4.78, 5) is 30.9. The minimum atomic E-state index is -4.50. The zero-order valence-electron chi connectivity index (χ0n) is 29.4. The summed E-state index contributed by atoms with van der Waals surface area (Å²) in [6, 6.07) is 18.4. The Bertz CT molecular complexity index is 1880. The van der Waals surface area contributed by atoms with Crippen LogP contribution in [0.15, 0.2) is 72.8 Å². The van der Waals surface area contributed by atoms with Gasteiger partial charge in [0.1, 0.15) is 6.10 Å². The van der Waals surface area contributed by atoms with Crippen LogP contribution in [0, 0.1) is 5.92 Å². The van der Waals surface area contributed by atoms with E-state index in [-0.39, 0.29) is 17.5 Å². The van der Waals surface area contributed by atoms with Crippen molar-refractivity contribution in [1.82, 2.24) is 9.80 Å². The van der Waals surface area contributed by atoms with Crippen molar-refractivity contribution in [1.29, 1.82) is 0 Å². The molecule has 3 aliphatic carbocycles. The zero-order chi connectivity index (χ0) is 36.3. The molecule has 8 rings (SSSR count).